The van der Waals surface area contributed by atoms with Crippen LogP contribution in [0.2, 0.25) is 0 Å². The summed E-state index contributed by atoms with van der Waals surface area (Å²) in [6, 6.07) is 14.0. The summed E-state index contributed by atoms with van der Waals surface area (Å²) in [7, 11) is 0. The maximum Gasteiger partial charge on any atom is 0.274 e. The fraction of sp³-hybridized carbons (Fsp3) is 0.211. The minimum Gasteiger partial charge on any atom is -0.368 e. The molecule has 1 aromatic heterocycles. The summed E-state index contributed by atoms with van der Waals surface area (Å²) in [5.41, 5.74) is 2.64. The number of rotatable bonds is 3. The molecule has 0 N–H and O–H groups in total. The van der Waals surface area contributed by atoms with Crippen LogP contribution in [0.15, 0.2) is 54.7 Å². The summed E-state index contributed by atoms with van der Waals surface area (Å²) >= 11 is 0. The van der Waals surface area contributed by atoms with Crippen LogP contribution in [0.5, 0.6) is 0 Å². The number of non-ortho nitro benzene ring substituents is 1. The number of para-hydroxylation sites is 2. The Bertz CT molecular complexity index is 1010. The molecular weight excluding hydrogens is 346 g/mol. The number of hydrogen-bond donors (Lipinski definition) is 0. The average Bonchev–Trinajstić information content (AvgIpc) is 2.73. The van der Waals surface area contributed by atoms with E-state index in [1.54, 1.807) is 17.0 Å². The van der Waals surface area contributed by atoms with Gasteiger partial charge in [-0.1, -0.05) is 18.2 Å². The lowest BCUT2D eigenvalue weighted by atomic mass is 10.2. The van der Waals surface area contributed by atoms with Crippen molar-refractivity contribution in [3.05, 3.63) is 70.5 Å². The SMILES string of the molecule is O=C(c1cnc2ccccc2n1)N1CCN(c2cccc([N+](=O)[O-])c2)CC1. The van der Waals surface area contributed by atoms with Crippen LogP contribution < -0.4 is 4.90 Å². The fourth-order valence-corrected chi connectivity index (χ4v) is 3.19. The second kappa shape index (κ2) is 6.99. The van der Waals surface area contributed by atoms with Gasteiger partial charge in [-0.25, -0.2) is 4.98 Å². The molecule has 0 radical (unpaired) electrons. The zero-order valence-corrected chi connectivity index (χ0v) is 14.5. The summed E-state index contributed by atoms with van der Waals surface area (Å²) in [5.74, 6) is -0.146. The Morgan fingerprint density at radius 3 is 2.48 bits per heavy atom. The van der Waals surface area contributed by atoms with Crippen LogP contribution in [-0.2, 0) is 0 Å². The summed E-state index contributed by atoms with van der Waals surface area (Å²) in [6.45, 7) is 2.26. The highest BCUT2D eigenvalue weighted by atomic mass is 16.6. The summed E-state index contributed by atoms with van der Waals surface area (Å²) in [5, 5.41) is 10.9. The van der Waals surface area contributed by atoms with Gasteiger partial charge < -0.3 is 9.80 Å². The smallest absolute Gasteiger partial charge is 0.274 e. The Morgan fingerprint density at radius 2 is 1.74 bits per heavy atom. The molecule has 1 fully saturated rings. The molecular formula is C19H17N5O3. The van der Waals surface area contributed by atoms with Gasteiger partial charge in [0.25, 0.3) is 11.6 Å². The van der Waals surface area contributed by atoms with E-state index >= 15 is 0 Å². The van der Waals surface area contributed by atoms with Crippen molar-refractivity contribution in [2.45, 2.75) is 0 Å². The molecule has 0 unspecified atom stereocenters. The number of nitro benzene ring substituents is 1. The first-order chi connectivity index (χ1) is 13.1. The molecule has 3 aromatic rings. The van der Waals surface area contributed by atoms with E-state index in [0.717, 1.165) is 11.2 Å². The van der Waals surface area contributed by atoms with Crippen molar-refractivity contribution in [3.8, 4) is 0 Å². The van der Waals surface area contributed by atoms with Crippen molar-refractivity contribution in [2.75, 3.05) is 31.1 Å². The van der Waals surface area contributed by atoms with Crippen LogP contribution >= 0.6 is 0 Å². The van der Waals surface area contributed by atoms with Crippen molar-refractivity contribution in [1.82, 2.24) is 14.9 Å². The highest BCUT2D eigenvalue weighted by Gasteiger charge is 2.24. The van der Waals surface area contributed by atoms with Gasteiger partial charge in [0, 0.05) is 44.0 Å². The number of hydrogen-bond acceptors (Lipinski definition) is 6. The van der Waals surface area contributed by atoms with Crippen molar-refractivity contribution in [3.63, 3.8) is 0 Å². The first-order valence-electron chi connectivity index (χ1n) is 8.62. The molecule has 0 bridgehead atoms. The zero-order valence-electron chi connectivity index (χ0n) is 14.5. The van der Waals surface area contributed by atoms with Gasteiger partial charge in [0.05, 0.1) is 22.2 Å². The van der Waals surface area contributed by atoms with E-state index in [1.165, 1.54) is 12.3 Å². The highest BCUT2D eigenvalue weighted by Crippen LogP contribution is 2.22. The predicted molar refractivity (Wildman–Crippen MR) is 101 cm³/mol. The average molecular weight is 363 g/mol. The molecule has 4 rings (SSSR count). The Hall–Kier alpha value is -3.55. The van der Waals surface area contributed by atoms with E-state index in [9.17, 15) is 14.9 Å². The maximum absolute atomic E-state index is 12.7. The third kappa shape index (κ3) is 3.41. The third-order valence-electron chi connectivity index (χ3n) is 4.64. The van der Waals surface area contributed by atoms with Crippen LogP contribution in [0.4, 0.5) is 11.4 Å². The maximum atomic E-state index is 12.7. The van der Waals surface area contributed by atoms with Gasteiger partial charge in [0.2, 0.25) is 0 Å². The molecule has 2 heterocycles. The van der Waals surface area contributed by atoms with E-state index in [2.05, 4.69) is 9.97 Å². The van der Waals surface area contributed by atoms with Crippen LogP contribution in [0.1, 0.15) is 10.5 Å². The number of amides is 1. The lowest BCUT2D eigenvalue weighted by Gasteiger charge is -2.35. The second-order valence-electron chi connectivity index (χ2n) is 6.30. The molecule has 136 valence electrons. The molecule has 1 amide bonds. The van der Waals surface area contributed by atoms with Gasteiger partial charge in [-0.2, -0.15) is 0 Å². The first-order valence-corrected chi connectivity index (χ1v) is 8.62. The van der Waals surface area contributed by atoms with Gasteiger partial charge >= 0.3 is 0 Å². The summed E-state index contributed by atoms with van der Waals surface area (Å²) < 4.78 is 0. The first kappa shape index (κ1) is 16.9. The number of carbonyl (C=O) groups is 1. The molecule has 1 aliphatic heterocycles. The molecule has 8 heteroatoms. The van der Waals surface area contributed by atoms with Crippen molar-refractivity contribution in [2.24, 2.45) is 0 Å². The van der Waals surface area contributed by atoms with Gasteiger partial charge in [-0.15, -0.1) is 0 Å². The number of nitro groups is 1. The Balaban J connectivity index is 1.46. The lowest BCUT2D eigenvalue weighted by molar-refractivity contribution is -0.384. The quantitative estimate of drug-likeness (QED) is 0.524. The number of piperazine rings is 1. The van der Waals surface area contributed by atoms with Crippen LogP contribution in [0, 0.1) is 10.1 Å². The fourth-order valence-electron chi connectivity index (χ4n) is 3.19. The minimum atomic E-state index is -0.401. The number of nitrogens with zero attached hydrogens (tertiary/aromatic N) is 5. The summed E-state index contributed by atoms with van der Waals surface area (Å²) in [6.07, 6.45) is 1.51. The van der Waals surface area contributed by atoms with E-state index in [-0.39, 0.29) is 11.6 Å². The van der Waals surface area contributed by atoms with E-state index < -0.39 is 4.92 Å². The number of aromatic nitrogens is 2. The number of anilines is 1. The van der Waals surface area contributed by atoms with Gasteiger partial charge in [-0.05, 0) is 18.2 Å². The van der Waals surface area contributed by atoms with E-state index in [1.807, 2.05) is 35.2 Å². The molecule has 0 aliphatic carbocycles. The minimum absolute atomic E-state index is 0.0671. The van der Waals surface area contributed by atoms with Crippen molar-refractivity contribution < 1.29 is 9.72 Å². The normalized spacial score (nSPS) is 14.4. The zero-order chi connectivity index (χ0) is 18.8. The molecule has 0 spiro atoms. The van der Waals surface area contributed by atoms with Crippen molar-refractivity contribution in [1.29, 1.82) is 0 Å². The van der Waals surface area contributed by atoms with Gasteiger partial charge in [0.1, 0.15) is 5.69 Å². The summed E-state index contributed by atoms with van der Waals surface area (Å²) in [4.78, 5) is 35.8. The number of carbonyl (C=O) groups excluding carboxylic acids is 1. The van der Waals surface area contributed by atoms with Crippen LogP contribution in [0.3, 0.4) is 0 Å². The van der Waals surface area contributed by atoms with Gasteiger partial charge in [0.15, 0.2) is 0 Å². The molecule has 8 nitrogen and oxygen atoms in total. The molecule has 2 aromatic carbocycles. The number of fused-ring (bicyclic) bond motifs is 1. The molecule has 0 atom stereocenters. The molecule has 1 saturated heterocycles. The molecule has 1 aliphatic rings. The third-order valence-corrected chi connectivity index (χ3v) is 4.64. The van der Waals surface area contributed by atoms with Crippen LogP contribution in [0.25, 0.3) is 11.0 Å². The number of benzene rings is 2. The molecule has 0 saturated carbocycles. The topological polar surface area (TPSA) is 92.5 Å². The molecule has 27 heavy (non-hydrogen) atoms. The van der Waals surface area contributed by atoms with E-state index in [0.29, 0.717) is 37.4 Å². The predicted octanol–water partition coefficient (Wildman–Crippen LogP) is 2.50. The van der Waals surface area contributed by atoms with Crippen LogP contribution in [-0.4, -0.2) is 51.9 Å². The standard InChI is InChI=1S/C19H17N5O3/c25-19(18-13-20-16-6-1-2-7-17(16)21-18)23-10-8-22(9-11-23)14-4-3-5-15(12-14)24(26)27/h1-7,12-13H,8-11H2. The second-order valence-corrected chi connectivity index (χ2v) is 6.30. The Morgan fingerprint density at radius 1 is 1.00 bits per heavy atom. The Kier molecular flexibility index (Phi) is 4.37. The van der Waals surface area contributed by atoms with E-state index in [4.69, 9.17) is 0 Å². The monoisotopic (exact) mass is 363 g/mol. The van der Waals surface area contributed by atoms with Crippen molar-refractivity contribution >= 4 is 28.3 Å². The largest absolute Gasteiger partial charge is 0.368 e. The lowest BCUT2D eigenvalue weighted by Crippen LogP contribution is -2.49. The Labute approximate surface area is 155 Å². The highest BCUT2D eigenvalue weighted by molar-refractivity contribution is 5.94. The van der Waals surface area contributed by atoms with Gasteiger partial charge in [-0.3, -0.25) is 19.9 Å².